The monoisotopic (exact) mass is 495 g/mol. The molecular formula is C29H37NO6. The first-order valence-corrected chi connectivity index (χ1v) is 12.8. The summed E-state index contributed by atoms with van der Waals surface area (Å²) in [5.74, 6) is 0.279. The Morgan fingerprint density at radius 1 is 1.19 bits per heavy atom. The minimum absolute atomic E-state index is 0.0489. The lowest BCUT2D eigenvalue weighted by Crippen LogP contribution is -2.60. The summed E-state index contributed by atoms with van der Waals surface area (Å²) in [6, 6.07) is 5.36. The molecule has 0 radical (unpaired) electrons. The van der Waals surface area contributed by atoms with Gasteiger partial charge in [-0.3, -0.25) is 0 Å². The number of aliphatic hydroxyl groups is 2. The van der Waals surface area contributed by atoms with Crippen molar-refractivity contribution in [1.29, 1.82) is 0 Å². The predicted molar refractivity (Wildman–Crippen MR) is 137 cm³/mol. The Hall–Kier alpha value is -2.61. The maximum atomic E-state index is 12.7. The molecular weight excluding hydrogens is 458 g/mol. The SMILES string of the molecule is CN(C)c1ccc(C=C2C=C(C=CC3C4(CCC5[C@]3(C)CC[C@@H](O)[C@@]5(C)CO)CO4)C(=O)O2)c(O)c1. The summed E-state index contributed by atoms with van der Waals surface area (Å²) in [5.41, 5.74) is 0.947. The second-order valence-electron chi connectivity index (χ2n) is 11.7. The number of rotatable bonds is 5. The van der Waals surface area contributed by atoms with Gasteiger partial charge in [-0.25, -0.2) is 4.79 Å². The van der Waals surface area contributed by atoms with E-state index in [1.54, 1.807) is 24.3 Å². The molecule has 2 heterocycles. The third-order valence-corrected chi connectivity index (χ3v) is 9.34. The van der Waals surface area contributed by atoms with E-state index in [0.29, 0.717) is 29.9 Å². The predicted octanol–water partition coefficient (Wildman–Crippen LogP) is 3.79. The molecule has 1 saturated heterocycles. The zero-order valence-electron chi connectivity index (χ0n) is 21.5. The summed E-state index contributed by atoms with van der Waals surface area (Å²) in [7, 11) is 3.80. The molecule has 194 valence electrons. The van der Waals surface area contributed by atoms with Gasteiger partial charge >= 0.3 is 5.97 Å². The lowest BCUT2D eigenvalue weighted by atomic mass is 9.45. The number of epoxide rings is 1. The maximum absolute atomic E-state index is 12.7. The molecule has 7 nitrogen and oxygen atoms in total. The number of phenolic OH excluding ortho intramolecular Hbond substituents is 1. The first-order chi connectivity index (χ1) is 17.0. The fourth-order valence-corrected chi connectivity index (χ4v) is 7.02. The number of hydrogen-bond donors (Lipinski definition) is 3. The van der Waals surface area contributed by atoms with Crippen LogP contribution in [0.15, 0.2) is 47.8 Å². The number of hydrogen-bond acceptors (Lipinski definition) is 7. The van der Waals surface area contributed by atoms with Crippen LogP contribution in [0.5, 0.6) is 5.75 Å². The zero-order chi connectivity index (χ0) is 25.9. The molecule has 2 saturated carbocycles. The molecule has 2 aliphatic heterocycles. The number of esters is 1. The quantitative estimate of drug-likeness (QED) is 0.422. The lowest BCUT2D eigenvalue weighted by molar-refractivity contribution is -0.167. The van der Waals surface area contributed by atoms with E-state index in [-0.39, 0.29) is 35.2 Å². The van der Waals surface area contributed by atoms with Gasteiger partial charge in [0.1, 0.15) is 11.5 Å². The van der Waals surface area contributed by atoms with Crippen LogP contribution in [0.1, 0.15) is 45.1 Å². The second-order valence-corrected chi connectivity index (χ2v) is 11.7. The molecule has 1 spiro atoms. The summed E-state index contributed by atoms with van der Waals surface area (Å²) < 4.78 is 11.5. The van der Waals surface area contributed by atoms with Gasteiger partial charge in [-0.2, -0.15) is 0 Å². The lowest BCUT2D eigenvalue weighted by Gasteiger charge is -2.60. The third kappa shape index (κ3) is 3.98. The highest BCUT2D eigenvalue weighted by molar-refractivity contribution is 5.96. The molecule has 0 amide bonds. The topological polar surface area (TPSA) is 103 Å². The Labute approximate surface area is 212 Å². The molecule has 0 bridgehead atoms. The van der Waals surface area contributed by atoms with Gasteiger partial charge in [-0.05, 0) is 61.3 Å². The van der Waals surface area contributed by atoms with Crippen LogP contribution in [0.2, 0.25) is 0 Å². The van der Waals surface area contributed by atoms with Crippen LogP contribution in [0, 0.1) is 22.7 Å². The van der Waals surface area contributed by atoms with Crippen LogP contribution in [0.4, 0.5) is 5.69 Å². The summed E-state index contributed by atoms with van der Waals surface area (Å²) in [6.07, 6.45) is 10.0. The van der Waals surface area contributed by atoms with E-state index < -0.39 is 17.5 Å². The number of benzene rings is 1. The van der Waals surface area contributed by atoms with Crippen LogP contribution in [0.3, 0.4) is 0 Å². The van der Waals surface area contributed by atoms with Gasteiger partial charge in [0.05, 0.1) is 30.5 Å². The van der Waals surface area contributed by atoms with E-state index in [0.717, 1.165) is 24.9 Å². The molecule has 0 aromatic heterocycles. The zero-order valence-corrected chi connectivity index (χ0v) is 21.5. The van der Waals surface area contributed by atoms with E-state index in [1.165, 1.54) is 0 Å². The van der Waals surface area contributed by atoms with Crippen LogP contribution in [-0.2, 0) is 14.3 Å². The third-order valence-electron chi connectivity index (χ3n) is 9.34. The number of carbonyl (C=O) groups excluding carboxylic acids is 1. The Bertz CT molecular complexity index is 1150. The van der Waals surface area contributed by atoms with Gasteiger partial charge in [-0.15, -0.1) is 0 Å². The highest BCUT2D eigenvalue weighted by Gasteiger charge is 2.66. The largest absolute Gasteiger partial charge is 0.507 e. The highest BCUT2D eigenvalue weighted by Crippen LogP contribution is 2.65. The van der Waals surface area contributed by atoms with Crippen molar-refractivity contribution < 1.29 is 29.6 Å². The number of aromatic hydroxyl groups is 1. The molecule has 2 aliphatic carbocycles. The number of cyclic esters (lactones) is 1. The standard InChI is InChI=1S/C29H37NO6/c1-27-11-10-25(33)28(2,16-31)23(27)9-12-29(17-35-29)24(27)8-6-19-14-21(36-26(19)34)13-18-5-7-20(30(3)4)15-22(18)32/h5-8,13-15,23-25,31-33H,9-12,16-17H2,1-4H3/t23?,24?,25-,27+,28+,29?/m1/s1. The number of nitrogens with zero attached hydrogens (tertiary/aromatic N) is 1. The van der Waals surface area contributed by atoms with E-state index >= 15 is 0 Å². The summed E-state index contributed by atoms with van der Waals surface area (Å²) >= 11 is 0. The first kappa shape index (κ1) is 25.1. The number of anilines is 1. The Balaban J connectivity index is 1.42. The summed E-state index contributed by atoms with van der Waals surface area (Å²) in [6.45, 7) is 4.90. The van der Waals surface area contributed by atoms with Gasteiger partial charge in [0.25, 0.3) is 0 Å². The van der Waals surface area contributed by atoms with Crippen LogP contribution >= 0.6 is 0 Å². The van der Waals surface area contributed by atoms with Crippen molar-refractivity contribution in [2.75, 3.05) is 32.2 Å². The molecule has 3 unspecified atom stereocenters. The van der Waals surface area contributed by atoms with Crippen molar-refractivity contribution in [2.24, 2.45) is 22.7 Å². The molecule has 7 heteroatoms. The van der Waals surface area contributed by atoms with E-state index in [9.17, 15) is 20.1 Å². The number of allylic oxidation sites excluding steroid dienone is 1. The minimum Gasteiger partial charge on any atom is -0.507 e. The first-order valence-electron chi connectivity index (χ1n) is 12.8. The van der Waals surface area contributed by atoms with Crippen molar-refractivity contribution in [3.63, 3.8) is 0 Å². The van der Waals surface area contributed by atoms with Crippen LogP contribution in [-0.4, -0.2) is 60.3 Å². The molecule has 3 fully saturated rings. The van der Waals surface area contributed by atoms with E-state index in [2.05, 4.69) is 13.0 Å². The average molecular weight is 496 g/mol. The Kier molecular flexibility index (Phi) is 6.09. The molecule has 5 rings (SSSR count). The normalized spacial score (nSPS) is 38.8. The van der Waals surface area contributed by atoms with Crippen molar-refractivity contribution >= 4 is 17.7 Å². The Morgan fingerprint density at radius 2 is 1.94 bits per heavy atom. The van der Waals surface area contributed by atoms with Crippen molar-refractivity contribution in [3.8, 4) is 5.75 Å². The number of ether oxygens (including phenoxy) is 2. The number of carbonyl (C=O) groups is 1. The molecule has 6 atom stereocenters. The fraction of sp³-hybridized carbons (Fsp3) is 0.552. The molecule has 36 heavy (non-hydrogen) atoms. The molecule has 1 aromatic rings. The maximum Gasteiger partial charge on any atom is 0.343 e. The smallest absolute Gasteiger partial charge is 0.343 e. The summed E-state index contributed by atoms with van der Waals surface area (Å²) in [4.78, 5) is 14.6. The summed E-state index contributed by atoms with van der Waals surface area (Å²) in [5, 5.41) is 31.4. The molecule has 3 N–H and O–H groups in total. The van der Waals surface area contributed by atoms with Gasteiger partial charge in [-0.1, -0.05) is 26.0 Å². The van der Waals surface area contributed by atoms with Gasteiger partial charge in [0.2, 0.25) is 0 Å². The van der Waals surface area contributed by atoms with Gasteiger partial charge < -0.3 is 29.7 Å². The minimum atomic E-state index is -0.554. The van der Waals surface area contributed by atoms with E-state index in [4.69, 9.17) is 9.47 Å². The molecule has 1 aromatic carbocycles. The second kappa shape index (κ2) is 8.75. The van der Waals surface area contributed by atoms with Crippen molar-refractivity contribution in [2.45, 2.75) is 51.2 Å². The number of fused-ring (bicyclic) bond motifs is 1. The number of phenols is 1. The fourth-order valence-electron chi connectivity index (χ4n) is 7.02. The van der Waals surface area contributed by atoms with Gasteiger partial charge in [0.15, 0.2) is 0 Å². The van der Waals surface area contributed by atoms with Crippen molar-refractivity contribution in [3.05, 3.63) is 53.3 Å². The van der Waals surface area contributed by atoms with E-state index in [1.807, 2.05) is 38.1 Å². The molecule has 4 aliphatic rings. The van der Waals surface area contributed by atoms with Crippen molar-refractivity contribution in [1.82, 2.24) is 0 Å². The number of aliphatic hydroxyl groups excluding tert-OH is 2. The Morgan fingerprint density at radius 3 is 2.58 bits per heavy atom. The van der Waals surface area contributed by atoms with Crippen LogP contribution in [0.25, 0.3) is 6.08 Å². The average Bonchev–Trinajstić information content (AvgIpc) is 3.52. The highest BCUT2D eigenvalue weighted by atomic mass is 16.6. The van der Waals surface area contributed by atoms with Gasteiger partial charge in [0, 0.05) is 42.7 Å². The van der Waals surface area contributed by atoms with Crippen LogP contribution < -0.4 is 4.90 Å².